The van der Waals surface area contributed by atoms with Crippen molar-refractivity contribution in [2.45, 2.75) is 36.6 Å². The summed E-state index contributed by atoms with van der Waals surface area (Å²) in [6, 6.07) is 2.84. The van der Waals surface area contributed by atoms with E-state index in [1.54, 1.807) is 0 Å². The van der Waals surface area contributed by atoms with E-state index in [-0.39, 0.29) is 36.5 Å². The van der Waals surface area contributed by atoms with Gasteiger partial charge in [-0.15, -0.1) is 0 Å². The molecule has 9 heteroatoms. The fourth-order valence-electron chi connectivity index (χ4n) is 3.46. The van der Waals surface area contributed by atoms with Crippen molar-refractivity contribution in [1.29, 1.82) is 0 Å². The first-order valence-electron chi connectivity index (χ1n) is 8.83. The molecular formula is C17H23F2N3O3S. The highest BCUT2D eigenvalue weighted by atomic mass is 32.2. The van der Waals surface area contributed by atoms with Crippen LogP contribution in [0.15, 0.2) is 23.1 Å². The van der Waals surface area contributed by atoms with E-state index in [9.17, 15) is 22.0 Å². The Morgan fingerprint density at radius 2 is 1.73 bits per heavy atom. The van der Waals surface area contributed by atoms with E-state index in [4.69, 9.17) is 0 Å². The first kappa shape index (κ1) is 19.2. The highest BCUT2D eigenvalue weighted by Crippen LogP contribution is 2.20. The van der Waals surface area contributed by atoms with Gasteiger partial charge < -0.3 is 5.32 Å². The van der Waals surface area contributed by atoms with Gasteiger partial charge in [-0.05, 0) is 31.0 Å². The Morgan fingerprint density at radius 1 is 1.08 bits per heavy atom. The van der Waals surface area contributed by atoms with Gasteiger partial charge in [0.05, 0.1) is 11.4 Å². The number of hydrogen-bond donors (Lipinski definition) is 1. The lowest BCUT2D eigenvalue weighted by Crippen LogP contribution is -2.51. The van der Waals surface area contributed by atoms with Crippen LogP contribution in [0.2, 0.25) is 0 Å². The number of sulfonamides is 1. The number of carbonyl (C=O) groups is 1. The fourth-order valence-corrected chi connectivity index (χ4v) is 4.90. The number of piperazine rings is 1. The molecule has 2 fully saturated rings. The van der Waals surface area contributed by atoms with Crippen LogP contribution in [-0.2, 0) is 14.8 Å². The molecule has 1 aromatic rings. The molecule has 1 aromatic carbocycles. The van der Waals surface area contributed by atoms with Gasteiger partial charge in [0.15, 0.2) is 11.6 Å². The van der Waals surface area contributed by atoms with Gasteiger partial charge >= 0.3 is 0 Å². The number of nitrogens with one attached hydrogen (secondary N) is 1. The SMILES string of the molecule is O=C(CN1CCN(S(=O)(=O)c2ccc(F)c(F)c2)CC1)NC1CCCC1. The minimum absolute atomic E-state index is 0.0335. The monoisotopic (exact) mass is 387 g/mol. The summed E-state index contributed by atoms with van der Waals surface area (Å²) in [4.78, 5) is 13.7. The highest BCUT2D eigenvalue weighted by Gasteiger charge is 2.30. The average Bonchev–Trinajstić information content (AvgIpc) is 3.10. The Kier molecular flexibility index (Phi) is 5.89. The van der Waals surface area contributed by atoms with Crippen molar-refractivity contribution in [1.82, 2.24) is 14.5 Å². The van der Waals surface area contributed by atoms with Gasteiger partial charge in [0.25, 0.3) is 0 Å². The molecule has 1 heterocycles. The van der Waals surface area contributed by atoms with E-state index in [1.165, 1.54) is 4.31 Å². The van der Waals surface area contributed by atoms with Crippen LogP contribution in [0.3, 0.4) is 0 Å². The Hall–Kier alpha value is -1.58. The zero-order valence-corrected chi connectivity index (χ0v) is 15.3. The quantitative estimate of drug-likeness (QED) is 0.828. The van der Waals surface area contributed by atoms with Crippen LogP contribution in [0.25, 0.3) is 0 Å². The molecule has 0 aromatic heterocycles. The number of carbonyl (C=O) groups excluding carboxylic acids is 1. The third kappa shape index (κ3) is 4.39. The molecule has 3 rings (SSSR count). The Bertz CT molecular complexity index is 759. The van der Waals surface area contributed by atoms with E-state index in [0.29, 0.717) is 19.2 Å². The van der Waals surface area contributed by atoms with Crippen LogP contribution < -0.4 is 5.32 Å². The van der Waals surface area contributed by atoms with Crippen molar-refractivity contribution < 1.29 is 22.0 Å². The number of nitrogens with zero attached hydrogens (tertiary/aromatic N) is 2. The second-order valence-corrected chi connectivity index (χ2v) is 8.74. The average molecular weight is 387 g/mol. The lowest BCUT2D eigenvalue weighted by atomic mass is 10.2. The van der Waals surface area contributed by atoms with Gasteiger partial charge in [-0.3, -0.25) is 9.69 Å². The van der Waals surface area contributed by atoms with E-state index in [1.807, 2.05) is 4.90 Å². The van der Waals surface area contributed by atoms with Gasteiger partial charge in [0, 0.05) is 32.2 Å². The molecule has 26 heavy (non-hydrogen) atoms. The predicted molar refractivity (Wildman–Crippen MR) is 92.0 cm³/mol. The molecule has 1 N–H and O–H groups in total. The minimum Gasteiger partial charge on any atom is -0.352 e. The standard InChI is InChI=1S/C17H23F2N3O3S/c18-15-6-5-14(11-16(15)19)26(24,25)22-9-7-21(8-10-22)12-17(23)20-13-3-1-2-4-13/h5-6,11,13H,1-4,7-10,12H2,(H,20,23). The number of rotatable bonds is 5. The molecule has 6 nitrogen and oxygen atoms in total. The summed E-state index contributed by atoms with van der Waals surface area (Å²) >= 11 is 0. The molecule has 0 unspecified atom stereocenters. The van der Waals surface area contributed by atoms with Crippen molar-refractivity contribution in [2.75, 3.05) is 32.7 Å². The van der Waals surface area contributed by atoms with E-state index in [2.05, 4.69) is 5.32 Å². The van der Waals surface area contributed by atoms with E-state index in [0.717, 1.165) is 37.8 Å². The first-order chi connectivity index (χ1) is 12.4. The molecule has 0 bridgehead atoms. The summed E-state index contributed by atoms with van der Waals surface area (Å²) in [6.07, 6.45) is 4.33. The fraction of sp³-hybridized carbons (Fsp3) is 0.588. The van der Waals surface area contributed by atoms with Crippen LogP contribution in [0.1, 0.15) is 25.7 Å². The largest absolute Gasteiger partial charge is 0.352 e. The minimum atomic E-state index is -3.87. The third-order valence-corrected chi connectivity index (χ3v) is 6.84. The Labute approximate surface area is 152 Å². The molecule has 1 saturated carbocycles. The Morgan fingerprint density at radius 3 is 2.35 bits per heavy atom. The maximum absolute atomic E-state index is 13.3. The summed E-state index contributed by atoms with van der Waals surface area (Å²) in [5.41, 5.74) is 0. The lowest BCUT2D eigenvalue weighted by molar-refractivity contribution is -0.123. The number of benzene rings is 1. The smallest absolute Gasteiger partial charge is 0.243 e. The molecule has 1 aliphatic carbocycles. The normalized spacial score (nSPS) is 20.4. The molecule has 0 radical (unpaired) electrons. The Balaban J connectivity index is 1.53. The third-order valence-electron chi connectivity index (χ3n) is 4.95. The van der Waals surface area contributed by atoms with E-state index >= 15 is 0 Å². The maximum atomic E-state index is 13.3. The molecule has 1 saturated heterocycles. The van der Waals surface area contributed by atoms with Crippen LogP contribution in [0.5, 0.6) is 0 Å². The van der Waals surface area contributed by atoms with Gasteiger partial charge in [-0.25, -0.2) is 17.2 Å². The number of hydrogen-bond acceptors (Lipinski definition) is 4. The van der Waals surface area contributed by atoms with Crippen molar-refractivity contribution in [2.24, 2.45) is 0 Å². The molecule has 1 aliphatic heterocycles. The maximum Gasteiger partial charge on any atom is 0.243 e. The molecular weight excluding hydrogens is 364 g/mol. The molecule has 0 atom stereocenters. The van der Waals surface area contributed by atoms with Crippen molar-refractivity contribution in [3.63, 3.8) is 0 Å². The summed E-state index contributed by atoms with van der Waals surface area (Å²) < 4.78 is 52.7. The molecule has 0 spiro atoms. The first-order valence-corrected chi connectivity index (χ1v) is 10.3. The van der Waals surface area contributed by atoms with Gasteiger partial charge in [0.2, 0.25) is 15.9 Å². The number of halogens is 2. The second-order valence-electron chi connectivity index (χ2n) is 6.81. The summed E-state index contributed by atoms with van der Waals surface area (Å²) in [5, 5.41) is 3.02. The van der Waals surface area contributed by atoms with Crippen molar-refractivity contribution in [3.8, 4) is 0 Å². The summed E-state index contributed by atoms with van der Waals surface area (Å²) in [6.45, 7) is 1.49. The van der Waals surface area contributed by atoms with Crippen LogP contribution in [0.4, 0.5) is 8.78 Å². The van der Waals surface area contributed by atoms with Gasteiger partial charge in [-0.1, -0.05) is 12.8 Å². The van der Waals surface area contributed by atoms with E-state index < -0.39 is 21.7 Å². The summed E-state index contributed by atoms with van der Waals surface area (Å²) in [5.74, 6) is -2.30. The van der Waals surface area contributed by atoms with Crippen LogP contribution in [-0.4, -0.2) is 62.3 Å². The zero-order valence-electron chi connectivity index (χ0n) is 14.5. The number of amides is 1. The molecule has 144 valence electrons. The lowest BCUT2D eigenvalue weighted by Gasteiger charge is -2.33. The predicted octanol–water partition coefficient (Wildman–Crippen LogP) is 1.33. The van der Waals surface area contributed by atoms with Gasteiger partial charge in [-0.2, -0.15) is 4.31 Å². The van der Waals surface area contributed by atoms with Gasteiger partial charge in [0.1, 0.15) is 0 Å². The zero-order chi connectivity index (χ0) is 18.7. The molecule has 1 amide bonds. The van der Waals surface area contributed by atoms with Crippen LogP contribution >= 0.6 is 0 Å². The van der Waals surface area contributed by atoms with Crippen LogP contribution in [0, 0.1) is 11.6 Å². The molecule has 2 aliphatic rings. The van der Waals surface area contributed by atoms with Crippen molar-refractivity contribution >= 4 is 15.9 Å². The highest BCUT2D eigenvalue weighted by molar-refractivity contribution is 7.89. The summed E-state index contributed by atoms with van der Waals surface area (Å²) in [7, 11) is -3.87. The topological polar surface area (TPSA) is 69.7 Å². The second kappa shape index (κ2) is 7.98. The van der Waals surface area contributed by atoms with Crippen molar-refractivity contribution in [3.05, 3.63) is 29.8 Å².